The van der Waals surface area contributed by atoms with E-state index in [1.807, 2.05) is 30.3 Å². The molecule has 0 amide bonds. The molecule has 0 aromatic carbocycles. The molecule has 0 atom stereocenters. The summed E-state index contributed by atoms with van der Waals surface area (Å²) in [4.78, 5) is 16.7. The lowest BCUT2D eigenvalue weighted by molar-refractivity contribution is 0.556. The number of hydrogen-bond donors (Lipinski definition) is 0. The van der Waals surface area contributed by atoms with Crippen molar-refractivity contribution in [1.82, 2.24) is 15.0 Å². The van der Waals surface area contributed by atoms with E-state index in [0.29, 0.717) is 38.9 Å². The van der Waals surface area contributed by atoms with Gasteiger partial charge in [0.15, 0.2) is 10.4 Å². The smallest absolute Gasteiger partial charge is 0.270 e. The van der Waals surface area contributed by atoms with Crippen LogP contribution in [0.4, 0.5) is 5.82 Å². The lowest BCUT2D eigenvalue weighted by atomic mass is 10.1. The SMILES string of the molecule is [C-]#[N+]c1cccc(-c2cc(-c3ccc(Br)o3)cc(-c3cccc(C#N)n3)n2)n1. The number of nitriles is 1. The van der Waals surface area contributed by atoms with Gasteiger partial charge in [-0.1, -0.05) is 18.7 Å². The van der Waals surface area contributed by atoms with Crippen molar-refractivity contribution in [3.63, 3.8) is 0 Å². The fourth-order valence-corrected chi connectivity index (χ4v) is 2.98. The van der Waals surface area contributed by atoms with E-state index < -0.39 is 0 Å². The third-order valence-electron chi connectivity index (χ3n) is 3.92. The summed E-state index contributed by atoms with van der Waals surface area (Å²) in [6.45, 7) is 7.19. The van der Waals surface area contributed by atoms with Crippen LogP contribution in [-0.4, -0.2) is 15.0 Å². The van der Waals surface area contributed by atoms with E-state index in [-0.39, 0.29) is 5.82 Å². The summed E-state index contributed by atoms with van der Waals surface area (Å²) in [6, 6.07) is 19.8. The normalized spacial score (nSPS) is 10.2. The molecule has 0 aliphatic rings. The average Bonchev–Trinajstić information content (AvgIpc) is 3.20. The molecule has 4 aromatic heterocycles. The molecule has 6 nitrogen and oxygen atoms in total. The van der Waals surface area contributed by atoms with Crippen molar-refractivity contribution in [1.29, 1.82) is 5.26 Å². The van der Waals surface area contributed by atoms with Gasteiger partial charge in [0.1, 0.15) is 23.2 Å². The predicted molar refractivity (Wildman–Crippen MR) is 107 cm³/mol. The van der Waals surface area contributed by atoms with Crippen LogP contribution in [0.25, 0.3) is 38.9 Å². The van der Waals surface area contributed by atoms with Gasteiger partial charge in [-0.25, -0.2) is 9.97 Å². The first-order valence-corrected chi connectivity index (χ1v) is 8.96. The zero-order valence-corrected chi connectivity index (χ0v) is 15.9. The van der Waals surface area contributed by atoms with Gasteiger partial charge in [-0.2, -0.15) is 5.26 Å². The second-order valence-corrected chi connectivity index (χ2v) is 6.52. The van der Waals surface area contributed by atoms with E-state index in [1.165, 1.54) is 0 Å². The molecule has 28 heavy (non-hydrogen) atoms. The molecular weight excluding hydrogens is 418 g/mol. The zero-order chi connectivity index (χ0) is 19.5. The molecule has 0 radical (unpaired) electrons. The molecule has 0 saturated heterocycles. The molecule has 0 unspecified atom stereocenters. The molecule has 7 heteroatoms. The minimum atomic E-state index is 0.289. The molecule has 0 spiro atoms. The highest BCUT2D eigenvalue weighted by atomic mass is 79.9. The molecule has 0 aliphatic heterocycles. The molecule has 0 fully saturated rings. The Morgan fingerprint density at radius 3 is 2.25 bits per heavy atom. The maximum absolute atomic E-state index is 9.14. The first-order chi connectivity index (χ1) is 13.7. The number of furan rings is 1. The number of halogens is 1. The Balaban J connectivity index is 1.93. The van der Waals surface area contributed by atoms with Gasteiger partial charge >= 0.3 is 0 Å². The summed E-state index contributed by atoms with van der Waals surface area (Å²) in [5.41, 5.74) is 3.37. The molecule has 132 valence electrons. The Hall–Kier alpha value is -3.81. The van der Waals surface area contributed by atoms with Gasteiger partial charge < -0.3 is 9.26 Å². The number of hydrogen-bond acceptors (Lipinski definition) is 5. The van der Waals surface area contributed by atoms with Crippen molar-refractivity contribution < 1.29 is 4.42 Å². The predicted octanol–water partition coefficient (Wildman–Crippen LogP) is 5.65. The highest BCUT2D eigenvalue weighted by molar-refractivity contribution is 9.10. The summed E-state index contributed by atoms with van der Waals surface area (Å²) in [5.74, 6) is 0.936. The molecule has 4 rings (SSSR count). The largest absolute Gasteiger partial charge is 0.449 e. The first-order valence-electron chi connectivity index (χ1n) is 8.16. The van der Waals surface area contributed by atoms with Crippen LogP contribution in [-0.2, 0) is 0 Å². The fourth-order valence-electron chi connectivity index (χ4n) is 2.67. The van der Waals surface area contributed by atoms with Crippen LogP contribution in [0.1, 0.15) is 5.69 Å². The Kier molecular flexibility index (Phi) is 4.67. The standard InChI is InChI=1S/C21H10BrN5O/c1-24-21-7-3-6-16(27-21)18-11-13(19-8-9-20(22)28-19)10-17(26-18)15-5-2-4-14(12-23)25-15/h2-11H. The number of nitrogens with zero attached hydrogens (tertiary/aromatic N) is 5. The molecule has 4 aromatic rings. The maximum atomic E-state index is 9.14. The Bertz CT molecular complexity index is 1190. The van der Waals surface area contributed by atoms with Crippen LogP contribution in [0.15, 0.2) is 69.8 Å². The fraction of sp³-hybridized carbons (Fsp3) is 0. The number of aromatic nitrogens is 3. The number of rotatable bonds is 3. The third-order valence-corrected chi connectivity index (χ3v) is 4.35. The van der Waals surface area contributed by atoms with E-state index in [4.69, 9.17) is 16.3 Å². The van der Waals surface area contributed by atoms with Crippen molar-refractivity contribution in [2.45, 2.75) is 0 Å². The van der Waals surface area contributed by atoms with E-state index in [9.17, 15) is 0 Å². The van der Waals surface area contributed by atoms with Gasteiger partial charge in [0.25, 0.3) is 5.82 Å². The van der Waals surface area contributed by atoms with Crippen LogP contribution in [0.5, 0.6) is 0 Å². The molecular formula is C21H10BrN5O. The summed E-state index contributed by atoms with van der Waals surface area (Å²) in [5, 5.41) is 9.14. The second kappa shape index (κ2) is 7.43. The molecule has 4 heterocycles. The van der Waals surface area contributed by atoms with Gasteiger partial charge in [0.2, 0.25) is 0 Å². The third kappa shape index (κ3) is 3.52. The van der Waals surface area contributed by atoms with Crippen molar-refractivity contribution in [3.05, 3.63) is 82.4 Å². The molecule has 0 saturated carbocycles. The Morgan fingerprint density at radius 2 is 1.61 bits per heavy atom. The van der Waals surface area contributed by atoms with Crippen LogP contribution in [0, 0.1) is 17.9 Å². The Labute approximate surface area is 169 Å². The van der Waals surface area contributed by atoms with Gasteiger partial charge in [-0.15, -0.1) is 4.98 Å². The molecule has 0 N–H and O–H groups in total. The van der Waals surface area contributed by atoms with Gasteiger partial charge in [0, 0.05) is 5.56 Å². The minimum Gasteiger partial charge on any atom is -0.449 e. The minimum absolute atomic E-state index is 0.289. The van der Waals surface area contributed by atoms with Crippen molar-refractivity contribution >= 4 is 21.7 Å². The second-order valence-electron chi connectivity index (χ2n) is 5.74. The lowest BCUT2D eigenvalue weighted by Gasteiger charge is -2.07. The van der Waals surface area contributed by atoms with Crippen LogP contribution in [0.3, 0.4) is 0 Å². The van der Waals surface area contributed by atoms with Crippen molar-refractivity contribution in [2.24, 2.45) is 0 Å². The van der Waals surface area contributed by atoms with Crippen LogP contribution >= 0.6 is 15.9 Å². The van der Waals surface area contributed by atoms with Crippen LogP contribution < -0.4 is 0 Å². The Morgan fingerprint density at radius 1 is 0.893 bits per heavy atom. The zero-order valence-electron chi connectivity index (χ0n) is 14.3. The van der Waals surface area contributed by atoms with E-state index in [1.54, 1.807) is 36.4 Å². The van der Waals surface area contributed by atoms with Gasteiger partial charge in [-0.3, -0.25) is 0 Å². The molecule has 0 bridgehead atoms. The van der Waals surface area contributed by atoms with E-state index in [2.05, 4.69) is 35.7 Å². The van der Waals surface area contributed by atoms with E-state index >= 15 is 0 Å². The van der Waals surface area contributed by atoms with E-state index in [0.717, 1.165) is 5.56 Å². The lowest BCUT2D eigenvalue weighted by Crippen LogP contribution is -1.95. The highest BCUT2D eigenvalue weighted by Gasteiger charge is 2.15. The van der Waals surface area contributed by atoms with Gasteiger partial charge in [0.05, 0.1) is 11.4 Å². The summed E-state index contributed by atoms with van der Waals surface area (Å²) >= 11 is 3.32. The first kappa shape index (κ1) is 17.6. The maximum Gasteiger partial charge on any atom is 0.270 e. The summed E-state index contributed by atoms with van der Waals surface area (Å²) in [6.07, 6.45) is 0. The topological polar surface area (TPSA) is 80.0 Å². The highest BCUT2D eigenvalue weighted by Crippen LogP contribution is 2.31. The monoisotopic (exact) mass is 427 g/mol. The number of pyridine rings is 3. The van der Waals surface area contributed by atoms with Gasteiger partial charge in [-0.05, 0) is 64.5 Å². The molecule has 0 aliphatic carbocycles. The summed E-state index contributed by atoms with van der Waals surface area (Å²) in [7, 11) is 0. The quantitative estimate of drug-likeness (QED) is 0.394. The van der Waals surface area contributed by atoms with Crippen molar-refractivity contribution in [3.8, 4) is 40.2 Å². The van der Waals surface area contributed by atoms with Crippen molar-refractivity contribution in [2.75, 3.05) is 0 Å². The average molecular weight is 428 g/mol. The summed E-state index contributed by atoms with van der Waals surface area (Å²) < 4.78 is 6.30. The van der Waals surface area contributed by atoms with Crippen LogP contribution in [0.2, 0.25) is 0 Å².